The van der Waals surface area contributed by atoms with Crippen molar-refractivity contribution in [1.29, 1.82) is 0 Å². The van der Waals surface area contributed by atoms with E-state index in [1.54, 1.807) is 0 Å². The molecular formula is C15H19F2N. The zero-order valence-corrected chi connectivity index (χ0v) is 10.5. The first-order chi connectivity index (χ1) is 8.75. The third kappa shape index (κ3) is 2.16. The minimum Gasteiger partial charge on any atom is -0.307 e. The smallest absolute Gasteiger partial charge is 0.130 e. The fourth-order valence-electron chi connectivity index (χ4n) is 3.56. The summed E-state index contributed by atoms with van der Waals surface area (Å²) < 4.78 is 27.6. The number of nitrogens with one attached hydrogen (secondary N) is 1. The second-order valence-corrected chi connectivity index (χ2v) is 5.59. The SMILES string of the molecule is Fc1cccc(F)c1C1CC2CCCCCC2N1. The van der Waals surface area contributed by atoms with E-state index in [0.717, 1.165) is 12.8 Å². The van der Waals surface area contributed by atoms with Crippen LogP contribution in [0.2, 0.25) is 0 Å². The number of hydrogen-bond donors (Lipinski definition) is 1. The number of rotatable bonds is 1. The van der Waals surface area contributed by atoms with Gasteiger partial charge in [-0.15, -0.1) is 0 Å². The minimum absolute atomic E-state index is 0.140. The van der Waals surface area contributed by atoms with Gasteiger partial charge in [0.05, 0.1) is 0 Å². The van der Waals surface area contributed by atoms with Gasteiger partial charge in [-0.2, -0.15) is 0 Å². The molecule has 3 atom stereocenters. The molecule has 1 N–H and O–H groups in total. The predicted molar refractivity (Wildman–Crippen MR) is 67.2 cm³/mol. The normalized spacial score (nSPS) is 32.0. The van der Waals surface area contributed by atoms with Gasteiger partial charge >= 0.3 is 0 Å². The predicted octanol–water partition coefficient (Wildman–Crippen LogP) is 3.95. The Labute approximate surface area is 107 Å². The molecule has 1 aliphatic carbocycles. The van der Waals surface area contributed by atoms with Crippen LogP contribution in [0.15, 0.2) is 18.2 Å². The van der Waals surface area contributed by atoms with E-state index in [0.29, 0.717) is 12.0 Å². The van der Waals surface area contributed by atoms with Crippen LogP contribution in [0, 0.1) is 17.6 Å². The Morgan fingerprint density at radius 1 is 1.00 bits per heavy atom. The topological polar surface area (TPSA) is 12.0 Å². The van der Waals surface area contributed by atoms with Gasteiger partial charge in [0.25, 0.3) is 0 Å². The van der Waals surface area contributed by atoms with Crippen molar-refractivity contribution in [3.63, 3.8) is 0 Å². The van der Waals surface area contributed by atoms with Gasteiger partial charge in [0.15, 0.2) is 0 Å². The first-order valence-corrected chi connectivity index (χ1v) is 6.95. The molecule has 1 saturated heterocycles. The highest BCUT2D eigenvalue weighted by atomic mass is 19.1. The highest BCUT2D eigenvalue weighted by molar-refractivity contribution is 5.25. The summed E-state index contributed by atoms with van der Waals surface area (Å²) in [5.74, 6) is -0.232. The van der Waals surface area contributed by atoms with Gasteiger partial charge in [0.1, 0.15) is 11.6 Å². The number of benzene rings is 1. The third-order valence-electron chi connectivity index (χ3n) is 4.46. The second kappa shape index (κ2) is 4.96. The van der Waals surface area contributed by atoms with Crippen LogP contribution >= 0.6 is 0 Å². The van der Waals surface area contributed by atoms with Gasteiger partial charge < -0.3 is 5.32 Å². The fraction of sp³-hybridized carbons (Fsp3) is 0.600. The lowest BCUT2D eigenvalue weighted by Gasteiger charge is -2.16. The van der Waals surface area contributed by atoms with Gasteiger partial charge in [0, 0.05) is 17.6 Å². The van der Waals surface area contributed by atoms with Gasteiger partial charge in [-0.25, -0.2) is 8.78 Å². The lowest BCUT2D eigenvalue weighted by Crippen LogP contribution is -2.28. The first-order valence-electron chi connectivity index (χ1n) is 6.95. The molecule has 2 aliphatic rings. The summed E-state index contributed by atoms with van der Waals surface area (Å²) in [6.45, 7) is 0. The van der Waals surface area contributed by atoms with Crippen LogP contribution in [0.25, 0.3) is 0 Å². The Morgan fingerprint density at radius 3 is 2.50 bits per heavy atom. The summed E-state index contributed by atoms with van der Waals surface area (Å²) in [5, 5.41) is 3.45. The molecule has 1 aliphatic heterocycles. The fourth-order valence-corrected chi connectivity index (χ4v) is 3.56. The zero-order valence-electron chi connectivity index (χ0n) is 10.5. The Kier molecular flexibility index (Phi) is 3.33. The lowest BCUT2D eigenvalue weighted by molar-refractivity contribution is 0.424. The van der Waals surface area contributed by atoms with Gasteiger partial charge in [-0.05, 0) is 37.3 Å². The van der Waals surface area contributed by atoms with Gasteiger partial charge in [-0.1, -0.05) is 25.3 Å². The largest absolute Gasteiger partial charge is 0.307 e. The van der Waals surface area contributed by atoms with Crippen molar-refractivity contribution in [3.8, 4) is 0 Å². The molecule has 2 fully saturated rings. The molecule has 3 rings (SSSR count). The molecule has 0 radical (unpaired) electrons. The Bertz CT molecular complexity index is 398. The van der Waals surface area contributed by atoms with Crippen LogP contribution in [-0.2, 0) is 0 Å². The van der Waals surface area contributed by atoms with Crippen molar-refractivity contribution in [2.75, 3.05) is 0 Å². The Morgan fingerprint density at radius 2 is 1.72 bits per heavy atom. The van der Waals surface area contributed by atoms with E-state index in [2.05, 4.69) is 5.32 Å². The quantitative estimate of drug-likeness (QED) is 0.797. The summed E-state index contributed by atoms with van der Waals surface area (Å²) in [6, 6.07) is 4.46. The number of hydrogen-bond acceptors (Lipinski definition) is 1. The van der Waals surface area contributed by atoms with Crippen molar-refractivity contribution < 1.29 is 8.78 Å². The van der Waals surface area contributed by atoms with Crippen LogP contribution in [0.4, 0.5) is 8.78 Å². The Balaban J connectivity index is 1.83. The van der Waals surface area contributed by atoms with Crippen molar-refractivity contribution >= 4 is 0 Å². The average Bonchev–Trinajstić information content (AvgIpc) is 2.60. The molecular weight excluding hydrogens is 232 g/mol. The van der Waals surface area contributed by atoms with Crippen LogP contribution in [-0.4, -0.2) is 6.04 Å². The van der Waals surface area contributed by atoms with Crippen LogP contribution in [0.3, 0.4) is 0 Å². The van der Waals surface area contributed by atoms with Crippen LogP contribution in [0.1, 0.15) is 50.1 Å². The molecule has 0 bridgehead atoms. The van der Waals surface area contributed by atoms with E-state index in [1.807, 2.05) is 0 Å². The maximum Gasteiger partial charge on any atom is 0.130 e. The van der Waals surface area contributed by atoms with Crippen molar-refractivity contribution in [1.82, 2.24) is 5.32 Å². The average molecular weight is 251 g/mol. The molecule has 3 unspecified atom stereocenters. The molecule has 0 aromatic heterocycles. The summed E-state index contributed by atoms with van der Waals surface area (Å²) in [5.41, 5.74) is 0.241. The van der Waals surface area contributed by atoms with E-state index >= 15 is 0 Å². The molecule has 0 amide bonds. The highest BCUT2D eigenvalue weighted by Gasteiger charge is 2.36. The van der Waals surface area contributed by atoms with E-state index in [1.165, 1.54) is 43.9 Å². The van der Waals surface area contributed by atoms with Crippen molar-refractivity contribution in [2.24, 2.45) is 5.92 Å². The van der Waals surface area contributed by atoms with Crippen LogP contribution in [0.5, 0.6) is 0 Å². The molecule has 1 aromatic rings. The van der Waals surface area contributed by atoms with Gasteiger partial charge in [-0.3, -0.25) is 0 Å². The molecule has 1 aromatic carbocycles. The highest BCUT2D eigenvalue weighted by Crippen LogP contribution is 2.39. The molecule has 98 valence electrons. The summed E-state index contributed by atoms with van der Waals surface area (Å²) in [7, 11) is 0. The second-order valence-electron chi connectivity index (χ2n) is 5.59. The monoisotopic (exact) mass is 251 g/mol. The number of halogens is 2. The summed E-state index contributed by atoms with van der Waals surface area (Å²) in [4.78, 5) is 0. The molecule has 18 heavy (non-hydrogen) atoms. The van der Waals surface area contributed by atoms with Gasteiger partial charge in [0.2, 0.25) is 0 Å². The first kappa shape index (κ1) is 12.1. The third-order valence-corrected chi connectivity index (χ3v) is 4.46. The standard InChI is InChI=1S/C15H19F2N/c16-11-6-4-7-12(17)15(11)14-9-10-5-2-1-3-8-13(10)18-14/h4,6-7,10,13-14,18H,1-3,5,8-9H2. The molecule has 1 heterocycles. The van der Waals surface area contributed by atoms with Crippen molar-refractivity contribution in [2.45, 2.75) is 50.6 Å². The zero-order chi connectivity index (χ0) is 12.5. The summed E-state index contributed by atoms with van der Waals surface area (Å²) in [6.07, 6.45) is 7.02. The maximum absolute atomic E-state index is 13.8. The Hall–Kier alpha value is -0.960. The van der Waals surface area contributed by atoms with E-state index in [-0.39, 0.29) is 11.6 Å². The van der Waals surface area contributed by atoms with Crippen LogP contribution < -0.4 is 5.32 Å². The summed E-state index contributed by atoms with van der Waals surface area (Å²) >= 11 is 0. The molecule has 3 heteroatoms. The van der Waals surface area contributed by atoms with E-state index in [9.17, 15) is 8.78 Å². The number of fused-ring (bicyclic) bond motifs is 1. The van der Waals surface area contributed by atoms with Crippen molar-refractivity contribution in [3.05, 3.63) is 35.4 Å². The molecule has 0 spiro atoms. The lowest BCUT2D eigenvalue weighted by atomic mass is 9.92. The molecule has 1 saturated carbocycles. The van der Waals surface area contributed by atoms with E-state index < -0.39 is 11.6 Å². The van der Waals surface area contributed by atoms with E-state index in [4.69, 9.17) is 0 Å². The minimum atomic E-state index is -0.413. The maximum atomic E-state index is 13.8. The molecule has 1 nitrogen and oxygen atoms in total.